The van der Waals surface area contributed by atoms with E-state index in [1.807, 2.05) is 84.9 Å². The van der Waals surface area contributed by atoms with E-state index >= 15 is 0 Å². The monoisotopic (exact) mass is 438 g/mol. The molecule has 1 amide bonds. The van der Waals surface area contributed by atoms with E-state index in [1.54, 1.807) is 6.33 Å². The Kier molecular flexibility index (Phi) is 7.28. The van der Waals surface area contributed by atoms with Crippen molar-refractivity contribution in [1.82, 2.24) is 9.97 Å². The van der Waals surface area contributed by atoms with Gasteiger partial charge in [0.1, 0.15) is 17.9 Å². The Morgan fingerprint density at radius 3 is 2.33 bits per heavy atom. The topological polar surface area (TPSA) is 76.1 Å². The van der Waals surface area contributed by atoms with Crippen LogP contribution in [0, 0.1) is 0 Å². The lowest BCUT2D eigenvalue weighted by Crippen LogP contribution is -2.15. The molecule has 0 radical (unpaired) electrons. The fourth-order valence-electron chi connectivity index (χ4n) is 3.28. The lowest BCUT2D eigenvalue weighted by atomic mass is 10.1. The predicted molar refractivity (Wildman–Crippen MR) is 132 cm³/mol. The standard InChI is InChI=1S/C27H26N4O2/c1-2-20-8-14-24(15-9-20)33-17-16-27(32)31-23-12-10-22(11-13-23)30-26-18-25(28-19-29-26)21-6-4-3-5-7-21/h3-15,18-19H,2,16-17H2,1H3,(H,31,32)(H,28,29,30). The summed E-state index contributed by atoms with van der Waals surface area (Å²) in [7, 11) is 0. The zero-order valence-electron chi connectivity index (χ0n) is 18.5. The first-order chi connectivity index (χ1) is 16.2. The van der Waals surface area contributed by atoms with Gasteiger partial charge >= 0.3 is 0 Å². The maximum absolute atomic E-state index is 12.2. The van der Waals surface area contributed by atoms with Gasteiger partial charge in [-0.25, -0.2) is 9.97 Å². The zero-order chi connectivity index (χ0) is 22.9. The Labute approximate surface area is 193 Å². The number of carbonyl (C=O) groups is 1. The molecule has 0 unspecified atom stereocenters. The molecule has 0 atom stereocenters. The number of rotatable bonds is 9. The summed E-state index contributed by atoms with van der Waals surface area (Å²) in [4.78, 5) is 20.9. The average molecular weight is 439 g/mol. The van der Waals surface area contributed by atoms with Gasteiger partial charge in [0.15, 0.2) is 0 Å². The van der Waals surface area contributed by atoms with Crippen LogP contribution in [0.1, 0.15) is 18.9 Å². The molecule has 1 heterocycles. The molecule has 6 nitrogen and oxygen atoms in total. The number of benzene rings is 3. The number of aromatic nitrogens is 2. The Bertz CT molecular complexity index is 1180. The van der Waals surface area contributed by atoms with E-state index in [0.29, 0.717) is 12.4 Å². The van der Waals surface area contributed by atoms with Crippen molar-refractivity contribution in [3.8, 4) is 17.0 Å². The largest absolute Gasteiger partial charge is 0.493 e. The molecule has 6 heteroatoms. The summed E-state index contributed by atoms with van der Waals surface area (Å²) >= 11 is 0. The third-order valence-electron chi connectivity index (χ3n) is 5.11. The van der Waals surface area contributed by atoms with Gasteiger partial charge in [0, 0.05) is 23.0 Å². The second-order valence-electron chi connectivity index (χ2n) is 7.50. The van der Waals surface area contributed by atoms with Crippen molar-refractivity contribution in [2.75, 3.05) is 17.2 Å². The molecule has 0 aliphatic heterocycles. The van der Waals surface area contributed by atoms with Crippen molar-refractivity contribution < 1.29 is 9.53 Å². The second-order valence-corrected chi connectivity index (χ2v) is 7.50. The predicted octanol–water partition coefficient (Wildman–Crippen LogP) is 5.86. The van der Waals surface area contributed by atoms with Crippen LogP contribution in [0.5, 0.6) is 5.75 Å². The lowest BCUT2D eigenvalue weighted by molar-refractivity contribution is -0.116. The van der Waals surface area contributed by atoms with Crippen LogP contribution in [0.15, 0.2) is 91.3 Å². The van der Waals surface area contributed by atoms with Crippen molar-refractivity contribution in [3.63, 3.8) is 0 Å². The second kappa shape index (κ2) is 10.9. The molecule has 0 saturated heterocycles. The number of aryl methyl sites for hydroxylation is 1. The van der Waals surface area contributed by atoms with Crippen LogP contribution in [-0.2, 0) is 11.2 Å². The molecule has 2 N–H and O–H groups in total. The molecule has 0 bridgehead atoms. The maximum Gasteiger partial charge on any atom is 0.227 e. The highest BCUT2D eigenvalue weighted by Gasteiger charge is 2.05. The van der Waals surface area contributed by atoms with Crippen molar-refractivity contribution in [3.05, 3.63) is 96.8 Å². The molecular weight excluding hydrogens is 412 g/mol. The van der Waals surface area contributed by atoms with Gasteiger partial charge < -0.3 is 15.4 Å². The minimum Gasteiger partial charge on any atom is -0.493 e. The van der Waals surface area contributed by atoms with Crippen LogP contribution in [0.4, 0.5) is 17.2 Å². The van der Waals surface area contributed by atoms with E-state index in [2.05, 4.69) is 27.5 Å². The van der Waals surface area contributed by atoms with Crippen molar-refractivity contribution in [1.29, 1.82) is 0 Å². The zero-order valence-corrected chi connectivity index (χ0v) is 18.5. The van der Waals surface area contributed by atoms with E-state index < -0.39 is 0 Å². The van der Waals surface area contributed by atoms with Gasteiger partial charge in [0.05, 0.1) is 18.7 Å². The summed E-state index contributed by atoms with van der Waals surface area (Å²) in [6, 6.07) is 27.3. The van der Waals surface area contributed by atoms with Gasteiger partial charge in [-0.2, -0.15) is 0 Å². The van der Waals surface area contributed by atoms with Gasteiger partial charge in [-0.1, -0.05) is 49.4 Å². The van der Waals surface area contributed by atoms with Crippen molar-refractivity contribution in [2.45, 2.75) is 19.8 Å². The quantitative estimate of drug-likeness (QED) is 0.342. The van der Waals surface area contributed by atoms with Gasteiger partial charge in [-0.15, -0.1) is 0 Å². The van der Waals surface area contributed by atoms with Gasteiger partial charge in [0.2, 0.25) is 5.91 Å². The minimum atomic E-state index is -0.0933. The van der Waals surface area contributed by atoms with Crippen molar-refractivity contribution >= 4 is 23.1 Å². The molecule has 0 aliphatic carbocycles. The van der Waals surface area contributed by atoms with Crippen LogP contribution in [0.3, 0.4) is 0 Å². The molecular formula is C27H26N4O2. The van der Waals surface area contributed by atoms with Crippen LogP contribution in [0.25, 0.3) is 11.3 Å². The normalized spacial score (nSPS) is 10.5. The van der Waals surface area contributed by atoms with E-state index in [1.165, 1.54) is 5.56 Å². The number of anilines is 3. The van der Waals surface area contributed by atoms with Crippen LogP contribution in [-0.4, -0.2) is 22.5 Å². The highest BCUT2D eigenvalue weighted by atomic mass is 16.5. The Morgan fingerprint density at radius 1 is 0.879 bits per heavy atom. The molecule has 0 aliphatic rings. The fourth-order valence-corrected chi connectivity index (χ4v) is 3.28. The first-order valence-electron chi connectivity index (χ1n) is 11.0. The molecule has 3 aromatic carbocycles. The smallest absolute Gasteiger partial charge is 0.227 e. The summed E-state index contributed by atoms with van der Waals surface area (Å²) in [5, 5.41) is 6.17. The number of amides is 1. The van der Waals surface area contributed by atoms with Gasteiger partial charge in [-0.3, -0.25) is 4.79 Å². The fraction of sp³-hybridized carbons (Fsp3) is 0.148. The molecule has 166 valence electrons. The SMILES string of the molecule is CCc1ccc(OCCC(=O)Nc2ccc(Nc3cc(-c4ccccc4)ncn3)cc2)cc1. The number of nitrogens with zero attached hydrogens (tertiary/aromatic N) is 2. The molecule has 0 spiro atoms. The Morgan fingerprint density at radius 2 is 1.61 bits per heavy atom. The van der Waals surface area contributed by atoms with E-state index in [4.69, 9.17) is 4.74 Å². The molecule has 4 rings (SSSR count). The number of carbonyl (C=O) groups excluding carboxylic acids is 1. The third-order valence-corrected chi connectivity index (χ3v) is 5.11. The summed E-state index contributed by atoms with van der Waals surface area (Å²) in [5.74, 6) is 1.38. The van der Waals surface area contributed by atoms with Crippen LogP contribution >= 0.6 is 0 Å². The molecule has 33 heavy (non-hydrogen) atoms. The Hall–Kier alpha value is -4.19. The van der Waals surface area contributed by atoms with E-state index in [9.17, 15) is 4.79 Å². The van der Waals surface area contributed by atoms with Gasteiger partial charge in [-0.05, 0) is 48.4 Å². The number of hydrogen-bond donors (Lipinski definition) is 2. The van der Waals surface area contributed by atoms with Crippen LogP contribution < -0.4 is 15.4 Å². The third kappa shape index (κ3) is 6.40. The summed E-state index contributed by atoms with van der Waals surface area (Å²) < 4.78 is 5.66. The summed E-state index contributed by atoms with van der Waals surface area (Å²) in [6.45, 7) is 2.44. The Balaban J connectivity index is 1.27. The minimum absolute atomic E-state index is 0.0933. The summed E-state index contributed by atoms with van der Waals surface area (Å²) in [5.41, 5.74) is 4.73. The first-order valence-corrected chi connectivity index (χ1v) is 11.0. The number of nitrogens with one attached hydrogen (secondary N) is 2. The molecule has 0 fully saturated rings. The van der Waals surface area contributed by atoms with Gasteiger partial charge in [0.25, 0.3) is 0 Å². The average Bonchev–Trinajstić information content (AvgIpc) is 2.86. The molecule has 1 aromatic heterocycles. The van der Waals surface area contributed by atoms with Crippen LogP contribution in [0.2, 0.25) is 0 Å². The lowest BCUT2D eigenvalue weighted by Gasteiger charge is -2.10. The first kappa shape index (κ1) is 22.0. The maximum atomic E-state index is 12.2. The number of ether oxygens (including phenoxy) is 1. The highest BCUT2D eigenvalue weighted by Crippen LogP contribution is 2.22. The summed E-state index contributed by atoms with van der Waals surface area (Å²) in [6.07, 6.45) is 2.81. The molecule has 4 aromatic rings. The van der Waals surface area contributed by atoms with E-state index in [-0.39, 0.29) is 12.3 Å². The highest BCUT2D eigenvalue weighted by molar-refractivity contribution is 5.91. The number of hydrogen-bond acceptors (Lipinski definition) is 5. The van der Waals surface area contributed by atoms with Crippen molar-refractivity contribution in [2.24, 2.45) is 0 Å². The molecule has 0 saturated carbocycles. The van der Waals surface area contributed by atoms with E-state index in [0.717, 1.165) is 34.8 Å².